The summed E-state index contributed by atoms with van der Waals surface area (Å²) in [7, 11) is 1.98. The van der Waals surface area contributed by atoms with Crippen molar-refractivity contribution < 1.29 is 4.74 Å². The smallest absolute Gasteiger partial charge is 0.0856 e. The maximum absolute atomic E-state index is 6.55. The predicted octanol–water partition coefficient (Wildman–Crippen LogP) is 5.09. The molecule has 0 saturated carbocycles. The lowest BCUT2D eigenvalue weighted by atomic mass is 9.66. The highest BCUT2D eigenvalue weighted by Crippen LogP contribution is 2.49. The summed E-state index contributed by atoms with van der Waals surface area (Å²) < 4.78 is 8.44. The summed E-state index contributed by atoms with van der Waals surface area (Å²) >= 11 is 6.25. The molecular weight excluding hydrogens is 370 g/mol. The van der Waals surface area contributed by atoms with E-state index in [0.29, 0.717) is 17.3 Å². The van der Waals surface area contributed by atoms with Gasteiger partial charge in [0.05, 0.1) is 18.9 Å². The van der Waals surface area contributed by atoms with E-state index in [4.69, 9.17) is 16.3 Å². The van der Waals surface area contributed by atoms with Crippen LogP contribution < -0.4 is 0 Å². The van der Waals surface area contributed by atoms with Crippen molar-refractivity contribution in [2.24, 2.45) is 24.3 Å². The molecule has 0 unspecified atom stereocenters. The van der Waals surface area contributed by atoms with E-state index in [-0.39, 0.29) is 6.10 Å². The van der Waals surface area contributed by atoms with Crippen LogP contribution in [-0.4, -0.2) is 34.4 Å². The van der Waals surface area contributed by atoms with Crippen molar-refractivity contribution in [3.8, 4) is 0 Å². The molecule has 4 nitrogen and oxygen atoms in total. The van der Waals surface area contributed by atoms with Gasteiger partial charge in [-0.3, -0.25) is 9.58 Å². The Hall–Kier alpha value is -1.36. The molecular formula is C23H32ClN3O. The first-order valence-electron chi connectivity index (χ1n) is 10.5. The van der Waals surface area contributed by atoms with E-state index in [9.17, 15) is 0 Å². The number of benzene rings is 1. The van der Waals surface area contributed by atoms with Gasteiger partial charge in [0.15, 0.2) is 0 Å². The van der Waals surface area contributed by atoms with Crippen molar-refractivity contribution in [3.63, 3.8) is 0 Å². The Morgan fingerprint density at radius 3 is 2.71 bits per heavy atom. The summed E-state index contributed by atoms with van der Waals surface area (Å²) in [5, 5.41) is 5.10. The molecule has 0 N–H and O–H groups in total. The summed E-state index contributed by atoms with van der Waals surface area (Å²) in [6.07, 6.45) is 7.97. The van der Waals surface area contributed by atoms with Crippen LogP contribution in [0.4, 0.5) is 0 Å². The summed E-state index contributed by atoms with van der Waals surface area (Å²) in [5.41, 5.74) is 2.87. The highest BCUT2D eigenvalue weighted by Gasteiger charge is 2.44. The van der Waals surface area contributed by atoms with Gasteiger partial charge >= 0.3 is 0 Å². The lowest BCUT2D eigenvalue weighted by Crippen LogP contribution is -2.47. The van der Waals surface area contributed by atoms with E-state index in [2.05, 4.69) is 42.2 Å². The van der Waals surface area contributed by atoms with Gasteiger partial charge in [0, 0.05) is 30.4 Å². The Bertz CT molecular complexity index is 795. The quantitative estimate of drug-likeness (QED) is 0.714. The third-order valence-electron chi connectivity index (χ3n) is 6.74. The molecule has 1 aromatic heterocycles. The van der Waals surface area contributed by atoms with Crippen LogP contribution in [0.5, 0.6) is 0 Å². The Balaban J connectivity index is 1.41. The van der Waals surface area contributed by atoms with Crippen molar-refractivity contribution in [1.29, 1.82) is 0 Å². The molecule has 2 atom stereocenters. The maximum atomic E-state index is 6.55. The average molecular weight is 402 g/mol. The molecule has 0 bridgehead atoms. The van der Waals surface area contributed by atoms with Gasteiger partial charge in [-0.2, -0.15) is 5.10 Å². The molecule has 1 aromatic carbocycles. The zero-order valence-electron chi connectivity index (χ0n) is 17.3. The zero-order valence-corrected chi connectivity index (χ0v) is 18.0. The van der Waals surface area contributed by atoms with Gasteiger partial charge in [0.2, 0.25) is 0 Å². The van der Waals surface area contributed by atoms with Crippen molar-refractivity contribution in [3.05, 3.63) is 52.8 Å². The van der Waals surface area contributed by atoms with Gasteiger partial charge in [-0.15, -0.1) is 0 Å². The molecule has 2 aliphatic rings. The van der Waals surface area contributed by atoms with Crippen LogP contribution in [0, 0.1) is 17.3 Å². The van der Waals surface area contributed by atoms with E-state index in [0.717, 1.165) is 31.3 Å². The molecule has 1 spiro atoms. The highest BCUT2D eigenvalue weighted by atomic mass is 35.5. The number of aryl methyl sites for hydroxylation is 1. The van der Waals surface area contributed by atoms with Gasteiger partial charge in [-0.25, -0.2) is 0 Å². The third-order valence-corrected chi connectivity index (χ3v) is 6.98. The van der Waals surface area contributed by atoms with Gasteiger partial charge in [0.1, 0.15) is 0 Å². The lowest BCUT2D eigenvalue weighted by molar-refractivity contribution is -0.131. The first-order chi connectivity index (χ1) is 13.4. The van der Waals surface area contributed by atoms with Crippen LogP contribution >= 0.6 is 11.6 Å². The number of aromatic nitrogens is 2. The molecule has 5 heteroatoms. The van der Waals surface area contributed by atoms with E-state index in [1.807, 2.05) is 30.1 Å². The SMILES string of the molecule is CC(C)[C@H]1CC2(CCN(Cc3cnn(C)c3)CC2)CO[C@@H]1c1cccc(Cl)c1. The Morgan fingerprint density at radius 1 is 1.29 bits per heavy atom. The normalized spacial score (nSPS) is 25.5. The fraction of sp³-hybridized carbons (Fsp3) is 0.609. The molecule has 0 radical (unpaired) electrons. The first kappa shape index (κ1) is 19.9. The van der Waals surface area contributed by atoms with Crippen molar-refractivity contribution in [1.82, 2.24) is 14.7 Å². The van der Waals surface area contributed by atoms with E-state index >= 15 is 0 Å². The molecule has 0 aliphatic carbocycles. The van der Waals surface area contributed by atoms with Gasteiger partial charge in [-0.05, 0) is 67.3 Å². The standard InChI is InChI=1S/C23H32ClN3O/c1-17(2)21-12-23(16-28-22(21)19-5-4-6-20(24)11-19)7-9-27(10-8-23)15-18-13-25-26(3)14-18/h4-6,11,13-14,17,21-22H,7-10,12,15-16H2,1-3H3/t21-,22-/m1/s1. The second-order valence-corrected chi connectivity index (χ2v) is 9.63. The van der Waals surface area contributed by atoms with Crippen LogP contribution in [0.2, 0.25) is 5.02 Å². The van der Waals surface area contributed by atoms with Crippen molar-refractivity contribution in [2.75, 3.05) is 19.7 Å². The van der Waals surface area contributed by atoms with Crippen LogP contribution in [0.15, 0.2) is 36.7 Å². The van der Waals surface area contributed by atoms with Crippen LogP contribution in [-0.2, 0) is 18.3 Å². The van der Waals surface area contributed by atoms with Gasteiger partial charge in [0.25, 0.3) is 0 Å². The Labute approximate surface area is 173 Å². The van der Waals surface area contributed by atoms with Gasteiger partial charge in [-0.1, -0.05) is 37.6 Å². The summed E-state index contributed by atoms with van der Waals surface area (Å²) in [6, 6.07) is 8.23. The van der Waals surface area contributed by atoms with Crippen molar-refractivity contribution >= 4 is 11.6 Å². The van der Waals surface area contributed by atoms with Gasteiger partial charge < -0.3 is 4.74 Å². The minimum Gasteiger partial charge on any atom is -0.373 e. The first-order valence-corrected chi connectivity index (χ1v) is 10.9. The number of halogens is 1. The monoisotopic (exact) mass is 401 g/mol. The number of likely N-dealkylation sites (tertiary alicyclic amines) is 1. The minimum absolute atomic E-state index is 0.165. The summed E-state index contributed by atoms with van der Waals surface area (Å²) in [4.78, 5) is 2.57. The number of hydrogen-bond acceptors (Lipinski definition) is 3. The number of ether oxygens (including phenoxy) is 1. The predicted molar refractivity (Wildman–Crippen MR) is 113 cm³/mol. The topological polar surface area (TPSA) is 30.3 Å². The molecule has 2 fully saturated rings. The van der Waals surface area contributed by atoms with Crippen LogP contribution in [0.1, 0.15) is 50.3 Å². The Kier molecular flexibility index (Phi) is 5.82. The summed E-state index contributed by atoms with van der Waals surface area (Å²) in [5.74, 6) is 1.13. The zero-order chi connectivity index (χ0) is 19.7. The van der Waals surface area contributed by atoms with Crippen LogP contribution in [0.25, 0.3) is 0 Å². The molecule has 152 valence electrons. The summed E-state index contributed by atoms with van der Waals surface area (Å²) in [6.45, 7) is 8.83. The maximum Gasteiger partial charge on any atom is 0.0856 e. The minimum atomic E-state index is 0.165. The highest BCUT2D eigenvalue weighted by molar-refractivity contribution is 6.30. The largest absolute Gasteiger partial charge is 0.373 e. The molecule has 28 heavy (non-hydrogen) atoms. The fourth-order valence-electron chi connectivity index (χ4n) is 5.01. The second kappa shape index (κ2) is 8.17. The molecule has 2 aliphatic heterocycles. The number of hydrogen-bond donors (Lipinski definition) is 0. The molecule has 0 amide bonds. The van der Waals surface area contributed by atoms with E-state index in [1.54, 1.807) is 0 Å². The number of nitrogens with zero attached hydrogens (tertiary/aromatic N) is 3. The number of piperidine rings is 1. The molecule has 2 saturated heterocycles. The third kappa shape index (κ3) is 4.29. The van der Waals surface area contributed by atoms with Crippen LogP contribution in [0.3, 0.4) is 0 Å². The van der Waals surface area contributed by atoms with E-state index < -0.39 is 0 Å². The molecule has 3 heterocycles. The Morgan fingerprint density at radius 2 is 2.07 bits per heavy atom. The fourth-order valence-corrected chi connectivity index (χ4v) is 5.21. The van der Waals surface area contributed by atoms with Crippen molar-refractivity contribution in [2.45, 2.75) is 45.8 Å². The molecule has 4 rings (SSSR count). The average Bonchev–Trinajstić information content (AvgIpc) is 3.08. The second-order valence-electron chi connectivity index (χ2n) is 9.20. The lowest BCUT2D eigenvalue weighted by Gasteiger charge is -2.50. The molecule has 2 aromatic rings. The number of rotatable bonds is 4. The van der Waals surface area contributed by atoms with E-state index in [1.165, 1.54) is 30.4 Å².